The smallest absolute Gasteiger partial charge is 0.181 e. The summed E-state index contributed by atoms with van der Waals surface area (Å²) in [5, 5.41) is 0.0443. The molecule has 2 nitrogen and oxygen atoms in total. The van der Waals surface area contributed by atoms with E-state index in [1.165, 1.54) is 18.4 Å². The lowest BCUT2D eigenvalue weighted by Crippen LogP contribution is -2.24. The minimum absolute atomic E-state index is 0.0443. The van der Waals surface area contributed by atoms with Gasteiger partial charge in [-0.15, -0.1) is 0 Å². The van der Waals surface area contributed by atoms with Gasteiger partial charge in [0, 0.05) is 0 Å². The lowest BCUT2D eigenvalue weighted by Gasteiger charge is -2.36. The summed E-state index contributed by atoms with van der Waals surface area (Å²) in [6.45, 7) is 7.86. The molecule has 1 aliphatic carbocycles. The predicted molar refractivity (Wildman–Crippen MR) is 76.7 cm³/mol. The Balaban J connectivity index is 2.30. The third-order valence-corrected chi connectivity index (χ3v) is 5.97. The highest BCUT2D eigenvalue weighted by atomic mass is 31.2. The summed E-state index contributed by atoms with van der Waals surface area (Å²) in [5.41, 5.74) is 1.36. The first-order valence-corrected chi connectivity index (χ1v) is 8.02. The predicted octanol–water partition coefficient (Wildman–Crippen LogP) is 4.70. The second kappa shape index (κ2) is 6.14. The van der Waals surface area contributed by atoms with E-state index in [1.807, 2.05) is 13.8 Å². The molecule has 100 valence electrons. The Kier molecular flexibility index (Phi) is 4.77. The molecule has 1 aliphatic rings. The Labute approximate surface area is 112 Å². The Morgan fingerprint density at radius 2 is 1.67 bits per heavy atom. The molecule has 0 aromatic heterocycles. The molecule has 1 unspecified atom stereocenters. The van der Waals surface area contributed by atoms with Gasteiger partial charge < -0.3 is 9.05 Å². The molecule has 1 fully saturated rings. The van der Waals surface area contributed by atoms with Gasteiger partial charge in [-0.05, 0) is 45.1 Å². The standard InChI is InChI=1S/C15H23O2P/c1-4-16-18(17-5-2)15(3,14-11-12-14)13-9-7-6-8-10-13/h6-10,14H,4-5,11-12H2,1-3H3. The molecule has 0 spiro atoms. The van der Waals surface area contributed by atoms with Gasteiger partial charge in [-0.1, -0.05) is 30.3 Å². The van der Waals surface area contributed by atoms with E-state index in [0.717, 1.165) is 13.2 Å². The lowest BCUT2D eigenvalue weighted by atomic mass is 9.95. The summed E-state index contributed by atoms with van der Waals surface area (Å²) in [5.74, 6) is 0.712. The first kappa shape index (κ1) is 14.0. The third-order valence-electron chi connectivity index (χ3n) is 3.60. The van der Waals surface area contributed by atoms with Crippen LogP contribution in [0, 0.1) is 5.92 Å². The Morgan fingerprint density at radius 3 is 2.11 bits per heavy atom. The molecule has 3 heteroatoms. The fraction of sp³-hybridized carbons (Fsp3) is 0.600. The zero-order valence-electron chi connectivity index (χ0n) is 11.6. The Bertz CT molecular complexity index is 358. The van der Waals surface area contributed by atoms with Crippen LogP contribution in [-0.4, -0.2) is 13.2 Å². The molecular weight excluding hydrogens is 243 g/mol. The van der Waals surface area contributed by atoms with Crippen molar-refractivity contribution in [1.82, 2.24) is 0 Å². The highest BCUT2D eigenvalue weighted by Crippen LogP contribution is 2.66. The zero-order valence-corrected chi connectivity index (χ0v) is 12.5. The van der Waals surface area contributed by atoms with E-state index in [9.17, 15) is 0 Å². The Morgan fingerprint density at radius 1 is 1.11 bits per heavy atom. The zero-order chi connectivity index (χ0) is 13.0. The molecule has 0 bridgehead atoms. The van der Waals surface area contributed by atoms with Crippen LogP contribution in [0.5, 0.6) is 0 Å². The van der Waals surface area contributed by atoms with Crippen LogP contribution in [0.4, 0.5) is 0 Å². The first-order valence-electron chi connectivity index (χ1n) is 6.85. The van der Waals surface area contributed by atoms with Crippen molar-refractivity contribution in [2.24, 2.45) is 5.92 Å². The number of hydrogen-bond acceptors (Lipinski definition) is 2. The molecule has 0 amide bonds. The summed E-state index contributed by atoms with van der Waals surface area (Å²) in [4.78, 5) is 0. The van der Waals surface area contributed by atoms with Crippen molar-refractivity contribution < 1.29 is 9.05 Å². The van der Waals surface area contributed by atoms with Crippen LogP contribution in [0.1, 0.15) is 39.2 Å². The quantitative estimate of drug-likeness (QED) is 0.666. The SMILES string of the molecule is CCOP(OCC)C(C)(c1ccccc1)C1CC1. The maximum atomic E-state index is 5.95. The van der Waals surface area contributed by atoms with E-state index in [2.05, 4.69) is 37.3 Å². The second-order valence-electron chi connectivity index (χ2n) is 4.88. The van der Waals surface area contributed by atoms with Crippen molar-refractivity contribution in [2.75, 3.05) is 13.2 Å². The summed E-state index contributed by atoms with van der Waals surface area (Å²) in [6, 6.07) is 10.7. The molecule has 18 heavy (non-hydrogen) atoms. The van der Waals surface area contributed by atoms with Gasteiger partial charge in [-0.25, -0.2) is 0 Å². The Hall–Kier alpha value is -0.430. The van der Waals surface area contributed by atoms with E-state index in [0.29, 0.717) is 5.92 Å². The highest BCUT2D eigenvalue weighted by molar-refractivity contribution is 7.48. The summed E-state index contributed by atoms with van der Waals surface area (Å²) in [7, 11) is -0.860. The molecule has 1 atom stereocenters. The van der Waals surface area contributed by atoms with E-state index in [1.54, 1.807) is 0 Å². The fourth-order valence-electron chi connectivity index (χ4n) is 2.45. The van der Waals surface area contributed by atoms with Crippen molar-refractivity contribution in [3.63, 3.8) is 0 Å². The van der Waals surface area contributed by atoms with Gasteiger partial charge in [0.1, 0.15) is 0 Å². The summed E-state index contributed by atoms with van der Waals surface area (Å²) < 4.78 is 11.9. The van der Waals surface area contributed by atoms with Gasteiger partial charge in [0.05, 0.1) is 18.4 Å². The van der Waals surface area contributed by atoms with Crippen LogP contribution >= 0.6 is 8.38 Å². The molecule has 1 saturated carbocycles. The van der Waals surface area contributed by atoms with Crippen LogP contribution in [0.2, 0.25) is 0 Å². The summed E-state index contributed by atoms with van der Waals surface area (Å²) in [6.07, 6.45) is 2.59. The van der Waals surface area contributed by atoms with Gasteiger partial charge >= 0.3 is 0 Å². The van der Waals surface area contributed by atoms with Crippen LogP contribution in [0.3, 0.4) is 0 Å². The molecular formula is C15H23O2P. The molecule has 1 aromatic rings. The van der Waals surface area contributed by atoms with Crippen molar-refractivity contribution >= 4 is 8.38 Å². The maximum Gasteiger partial charge on any atom is 0.181 e. The van der Waals surface area contributed by atoms with Gasteiger partial charge in [-0.3, -0.25) is 0 Å². The van der Waals surface area contributed by atoms with E-state index >= 15 is 0 Å². The molecule has 1 aromatic carbocycles. The third kappa shape index (κ3) is 2.77. The highest BCUT2D eigenvalue weighted by Gasteiger charge is 2.50. The molecule has 0 heterocycles. The monoisotopic (exact) mass is 266 g/mol. The van der Waals surface area contributed by atoms with Gasteiger partial charge in [0.2, 0.25) is 0 Å². The van der Waals surface area contributed by atoms with Gasteiger partial charge in [0.15, 0.2) is 8.38 Å². The average molecular weight is 266 g/mol. The van der Waals surface area contributed by atoms with Crippen LogP contribution < -0.4 is 0 Å². The van der Waals surface area contributed by atoms with Crippen molar-refractivity contribution in [3.05, 3.63) is 35.9 Å². The van der Waals surface area contributed by atoms with Crippen LogP contribution in [0.15, 0.2) is 30.3 Å². The molecule has 2 rings (SSSR count). The van der Waals surface area contributed by atoms with Crippen LogP contribution in [0.25, 0.3) is 0 Å². The average Bonchev–Trinajstić information content (AvgIpc) is 3.23. The molecule has 0 saturated heterocycles. The maximum absolute atomic E-state index is 5.95. The van der Waals surface area contributed by atoms with Crippen molar-refractivity contribution in [1.29, 1.82) is 0 Å². The largest absolute Gasteiger partial charge is 0.334 e. The topological polar surface area (TPSA) is 18.5 Å². The molecule has 0 radical (unpaired) electrons. The first-order chi connectivity index (χ1) is 8.73. The van der Waals surface area contributed by atoms with E-state index in [-0.39, 0.29) is 5.16 Å². The number of rotatable bonds is 7. The fourth-order valence-corrected chi connectivity index (χ4v) is 4.45. The normalized spacial score (nSPS) is 18.9. The summed E-state index contributed by atoms with van der Waals surface area (Å²) >= 11 is 0. The number of benzene rings is 1. The molecule has 0 aliphatic heterocycles. The second-order valence-corrected chi connectivity index (χ2v) is 6.84. The van der Waals surface area contributed by atoms with E-state index < -0.39 is 8.38 Å². The minimum Gasteiger partial charge on any atom is -0.334 e. The van der Waals surface area contributed by atoms with Gasteiger partial charge in [0.25, 0.3) is 0 Å². The van der Waals surface area contributed by atoms with Crippen molar-refractivity contribution in [3.8, 4) is 0 Å². The van der Waals surface area contributed by atoms with E-state index in [4.69, 9.17) is 9.05 Å². The van der Waals surface area contributed by atoms with Crippen LogP contribution in [-0.2, 0) is 14.2 Å². The number of hydrogen-bond donors (Lipinski definition) is 0. The van der Waals surface area contributed by atoms with Gasteiger partial charge in [-0.2, -0.15) is 0 Å². The lowest BCUT2D eigenvalue weighted by molar-refractivity contribution is 0.243. The minimum atomic E-state index is -0.860. The molecule has 0 N–H and O–H groups in total. The van der Waals surface area contributed by atoms with Crippen molar-refractivity contribution in [2.45, 2.75) is 38.8 Å².